The number of amides is 1. The van der Waals surface area contributed by atoms with E-state index in [0.717, 1.165) is 19.4 Å². The van der Waals surface area contributed by atoms with Crippen LogP contribution in [0.15, 0.2) is 24.0 Å². The minimum Gasteiger partial charge on any atom is -0.301 e. The van der Waals surface area contributed by atoms with E-state index in [1.165, 1.54) is 16.9 Å². The van der Waals surface area contributed by atoms with E-state index in [2.05, 4.69) is 20.3 Å². The van der Waals surface area contributed by atoms with E-state index < -0.39 is 0 Å². The fourth-order valence-corrected chi connectivity index (χ4v) is 3.18. The van der Waals surface area contributed by atoms with Crippen molar-refractivity contribution in [2.75, 3.05) is 18.4 Å². The van der Waals surface area contributed by atoms with E-state index >= 15 is 0 Å². The molecule has 0 radical (unpaired) electrons. The molecule has 6 nitrogen and oxygen atoms in total. The molecule has 0 spiro atoms. The zero-order valence-corrected chi connectivity index (χ0v) is 12.1. The van der Waals surface area contributed by atoms with Gasteiger partial charge in [0.15, 0.2) is 5.13 Å². The summed E-state index contributed by atoms with van der Waals surface area (Å²) in [4.78, 5) is 18.3. The van der Waals surface area contributed by atoms with Crippen molar-refractivity contribution in [2.45, 2.75) is 18.9 Å². The van der Waals surface area contributed by atoms with Crippen molar-refractivity contribution in [3.05, 3.63) is 29.5 Å². The second-order valence-corrected chi connectivity index (χ2v) is 5.86. The predicted octanol–water partition coefficient (Wildman–Crippen LogP) is 1.65. The van der Waals surface area contributed by atoms with E-state index in [4.69, 9.17) is 0 Å². The van der Waals surface area contributed by atoms with E-state index in [0.29, 0.717) is 17.7 Å². The van der Waals surface area contributed by atoms with E-state index in [1.807, 2.05) is 29.5 Å². The number of carbonyl (C=O) groups excluding carboxylic acids is 1. The van der Waals surface area contributed by atoms with Crippen LogP contribution in [0.3, 0.4) is 0 Å². The molecule has 1 aliphatic heterocycles. The molecule has 0 aliphatic carbocycles. The highest BCUT2D eigenvalue weighted by molar-refractivity contribution is 7.13. The zero-order valence-electron chi connectivity index (χ0n) is 11.3. The SMILES string of the molecule is Cn1cc(C2CCCN2CC(=O)Nc2nccs2)cn1. The number of nitrogens with one attached hydrogen (secondary N) is 1. The Hall–Kier alpha value is -1.73. The molecule has 2 aromatic rings. The summed E-state index contributed by atoms with van der Waals surface area (Å²) in [5.41, 5.74) is 1.19. The molecule has 0 aromatic carbocycles. The molecule has 1 amide bonds. The van der Waals surface area contributed by atoms with Crippen molar-refractivity contribution in [3.63, 3.8) is 0 Å². The Morgan fingerprint density at radius 2 is 2.50 bits per heavy atom. The van der Waals surface area contributed by atoms with Crippen LogP contribution in [0.2, 0.25) is 0 Å². The minimum absolute atomic E-state index is 0.00394. The lowest BCUT2D eigenvalue weighted by Gasteiger charge is -2.22. The van der Waals surface area contributed by atoms with E-state index in [1.54, 1.807) is 6.20 Å². The van der Waals surface area contributed by atoms with Gasteiger partial charge in [0.1, 0.15) is 0 Å². The number of aromatic nitrogens is 3. The van der Waals surface area contributed by atoms with Gasteiger partial charge in [0.25, 0.3) is 0 Å². The average Bonchev–Trinajstić information content (AvgIpc) is 3.11. The molecular weight excluding hydrogens is 274 g/mol. The van der Waals surface area contributed by atoms with Gasteiger partial charge in [-0.25, -0.2) is 4.98 Å². The molecule has 1 saturated heterocycles. The molecule has 7 heteroatoms. The highest BCUT2D eigenvalue weighted by Crippen LogP contribution is 2.31. The standard InChI is InChI=1S/C13H17N5OS/c1-17-8-10(7-15-17)11-3-2-5-18(11)9-12(19)16-13-14-4-6-20-13/h4,6-8,11H,2-3,5,9H2,1H3,(H,14,16,19). The summed E-state index contributed by atoms with van der Waals surface area (Å²) >= 11 is 1.43. The number of likely N-dealkylation sites (tertiary alicyclic amines) is 1. The highest BCUT2D eigenvalue weighted by Gasteiger charge is 2.28. The Bertz CT molecular complexity index is 579. The average molecular weight is 291 g/mol. The first kappa shape index (κ1) is 13.3. The number of thiazole rings is 1. The largest absolute Gasteiger partial charge is 0.301 e. The van der Waals surface area contributed by atoms with Gasteiger partial charge in [-0.2, -0.15) is 5.10 Å². The number of nitrogens with zero attached hydrogens (tertiary/aromatic N) is 4. The van der Waals surface area contributed by atoms with Crippen molar-refractivity contribution < 1.29 is 4.79 Å². The molecule has 1 unspecified atom stereocenters. The molecule has 20 heavy (non-hydrogen) atoms. The van der Waals surface area contributed by atoms with Crippen molar-refractivity contribution in [3.8, 4) is 0 Å². The first-order valence-electron chi connectivity index (χ1n) is 6.64. The number of hydrogen-bond donors (Lipinski definition) is 1. The third-order valence-electron chi connectivity index (χ3n) is 3.50. The van der Waals surface area contributed by atoms with Gasteiger partial charge in [0.05, 0.1) is 12.7 Å². The van der Waals surface area contributed by atoms with Crippen LogP contribution in [-0.4, -0.2) is 38.7 Å². The van der Waals surface area contributed by atoms with Gasteiger partial charge in [-0.1, -0.05) is 0 Å². The Labute approximate surface area is 121 Å². The van der Waals surface area contributed by atoms with Crippen LogP contribution in [0.25, 0.3) is 0 Å². The van der Waals surface area contributed by atoms with E-state index in [9.17, 15) is 4.79 Å². The third kappa shape index (κ3) is 2.88. The lowest BCUT2D eigenvalue weighted by Crippen LogP contribution is -2.32. The van der Waals surface area contributed by atoms with Crippen molar-refractivity contribution in [2.24, 2.45) is 7.05 Å². The Morgan fingerprint density at radius 1 is 1.60 bits per heavy atom. The molecule has 3 heterocycles. The highest BCUT2D eigenvalue weighted by atomic mass is 32.1. The van der Waals surface area contributed by atoms with Gasteiger partial charge >= 0.3 is 0 Å². The molecule has 1 aliphatic rings. The maximum Gasteiger partial charge on any atom is 0.240 e. The van der Waals surface area contributed by atoms with Crippen LogP contribution in [0.5, 0.6) is 0 Å². The summed E-state index contributed by atoms with van der Waals surface area (Å²) < 4.78 is 1.81. The van der Waals surface area contributed by atoms with Crippen molar-refractivity contribution in [1.82, 2.24) is 19.7 Å². The first-order valence-corrected chi connectivity index (χ1v) is 7.52. The van der Waals surface area contributed by atoms with Crippen LogP contribution >= 0.6 is 11.3 Å². The summed E-state index contributed by atoms with van der Waals surface area (Å²) in [6, 6.07) is 0.297. The van der Waals surface area contributed by atoms with Gasteiger partial charge in [-0.3, -0.25) is 14.4 Å². The van der Waals surface area contributed by atoms with Gasteiger partial charge in [-0.05, 0) is 19.4 Å². The number of rotatable bonds is 4. The third-order valence-corrected chi connectivity index (χ3v) is 4.19. The first-order chi connectivity index (χ1) is 9.72. The number of aryl methyl sites for hydroxylation is 1. The summed E-state index contributed by atoms with van der Waals surface area (Å²) in [7, 11) is 1.91. The molecule has 3 rings (SSSR count). The summed E-state index contributed by atoms with van der Waals surface area (Å²) in [6.45, 7) is 1.35. The molecule has 1 fully saturated rings. The Kier molecular flexibility index (Phi) is 3.79. The molecule has 0 saturated carbocycles. The second kappa shape index (κ2) is 5.72. The Balaban J connectivity index is 1.62. The lowest BCUT2D eigenvalue weighted by atomic mass is 10.1. The van der Waals surface area contributed by atoms with Crippen molar-refractivity contribution in [1.29, 1.82) is 0 Å². The van der Waals surface area contributed by atoms with Crippen LogP contribution < -0.4 is 5.32 Å². The second-order valence-electron chi connectivity index (χ2n) is 4.96. The topological polar surface area (TPSA) is 63.1 Å². The predicted molar refractivity (Wildman–Crippen MR) is 77.5 cm³/mol. The fraction of sp³-hybridized carbons (Fsp3) is 0.462. The fourth-order valence-electron chi connectivity index (χ4n) is 2.63. The monoisotopic (exact) mass is 291 g/mol. The van der Waals surface area contributed by atoms with Gasteiger partial charge in [-0.15, -0.1) is 11.3 Å². The Morgan fingerprint density at radius 3 is 3.20 bits per heavy atom. The van der Waals surface area contributed by atoms with E-state index in [-0.39, 0.29) is 5.91 Å². The van der Waals surface area contributed by atoms with Crippen LogP contribution in [0, 0.1) is 0 Å². The van der Waals surface area contributed by atoms with Gasteiger partial charge in [0.2, 0.25) is 5.91 Å². The molecular formula is C13H17N5OS. The summed E-state index contributed by atoms with van der Waals surface area (Å²) in [5.74, 6) is -0.00394. The smallest absolute Gasteiger partial charge is 0.240 e. The molecule has 106 valence electrons. The van der Waals surface area contributed by atoms with Crippen LogP contribution in [-0.2, 0) is 11.8 Å². The minimum atomic E-state index is -0.00394. The number of hydrogen-bond acceptors (Lipinski definition) is 5. The maximum atomic E-state index is 12.0. The molecule has 0 bridgehead atoms. The molecule has 1 atom stereocenters. The normalized spacial score (nSPS) is 19.4. The van der Waals surface area contributed by atoms with Crippen LogP contribution in [0.1, 0.15) is 24.4 Å². The van der Waals surface area contributed by atoms with Crippen LogP contribution in [0.4, 0.5) is 5.13 Å². The number of anilines is 1. The summed E-state index contributed by atoms with van der Waals surface area (Å²) in [5, 5.41) is 9.56. The molecule has 1 N–H and O–H groups in total. The maximum absolute atomic E-state index is 12.0. The molecule has 2 aromatic heterocycles. The number of carbonyl (C=O) groups is 1. The summed E-state index contributed by atoms with van der Waals surface area (Å²) in [6.07, 6.45) is 7.80. The lowest BCUT2D eigenvalue weighted by molar-refractivity contribution is -0.117. The van der Waals surface area contributed by atoms with Gasteiger partial charge < -0.3 is 5.32 Å². The van der Waals surface area contributed by atoms with Gasteiger partial charge in [0, 0.05) is 36.4 Å². The quantitative estimate of drug-likeness (QED) is 0.930. The van der Waals surface area contributed by atoms with Crippen molar-refractivity contribution >= 4 is 22.4 Å². The zero-order chi connectivity index (χ0) is 13.9.